The molecular formula is C25H21ClN2O. The average molecular weight is 401 g/mol. The monoisotopic (exact) mass is 400 g/mol. The fraction of sp³-hybridized carbons (Fsp3) is 0.120. The van der Waals surface area contributed by atoms with Gasteiger partial charge in [-0.2, -0.15) is 0 Å². The van der Waals surface area contributed by atoms with Crippen LogP contribution in [0.25, 0.3) is 22.2 Å². The number of rotatable bonds is 3. The zero-order chi connectivity index (χ0) is 20.5. The summed E-state index contributed by atoms with van der Waals surface area (Å²) < 4.78 is 0. The molecule has 0 unspecified atom stereocenters. The van der Waals surface area contributed by atoms with Gasteiger partial charge in [-0.25, -0.2) is 4.98 Å². The van der Waals surface area contributed by atoms with Crippen LogP contribution in [0.5, 0.6) is 0 Å². The van der Waals surface area contributed by atoms with Crippen molar-refractivity contribution in [1.29, 1.82) is 0 Å². The molecule has 1 heterocycles. The van der Waals surface area contributed by atoms with Crippen molar-refractivity contribution >= 4 is 34.1 Å². The van der Waals surface area contributed by atoms with Crippen LogP contribution >= 0.6 is 11.6 Å². The van der Waals surface area contributed by atoms with E-state index in [1.165, 1.54) is 0 Å². The molecule has 0 radical (unpaired) electrons. The second kappa shape index (κ2) is 7.69. The van der Waals surface area contributed by atoms with Gasteiger partial charge in [-0.3, -0.25) is 4.79 Å². The normalized spacial score (nSPS) is 10.9. The van der Waals surface area contributed by atoms with Crippen LogP contribution in [-0.4, -0.2) is 10.9 Å². The Labute approximate surface area is 175 Å². The van der Waals surface area contributed by atoms with Crippen LogP contribution in [0.3, 0.4) is 0 Å². The van der Waals surface area contributed by atoms with Gasteiger partial charge in [-0.15, -0.1) is 0 Å². The summed E-state index contributed by atoms with van der Waals surface area (Å²) in [5, 5.41) is 4.61. The lowest BCUT2D eigenvalue weighted by Gasteiger charge is -2.16. The van der Waals surface area contributed by atoms with Crippen LogP contribution < -0.4 is 5.32 Å². The highest BCUT2D eigenvalue weighted by Gasteiger charge is 2.19. The number of halogens is 1. The van der Waals surface area contributed by atoms with Gasteiger partial charge in [0.05, 0.1) is 16.8 Å². The number of hydrogen-bond acceptors (Lipinski definition) is 2. The maximum atomic E-state index is 13.4. The average Bonchev–Trinajstić information content (AvgIpc) is 2.71. The molecule has 0 fully saturated rings. The van der Waals surface area contributed by atoms with E-state index in [1.54, 1.807) is 0 Å². The molecule has 0 aliphatic rings. The molecule has 0 saturated carbocycles. The minimum atomic E-state index is -0.134. The molecule has 0 saturated heterocycles. The highest BCUT2D eigenvalue weighted by molar-refractivity contribution is 6.30. The lowest BCUT2D eigenvalue weighted by Crippen LogP contribution is -2.16. The first-order valence-electron chi connectivity index (χ1n) is 9.48. The predicted octanol–water partition coefficient (Wildman–Crippen LogP) is 6.73. The third-order valence-electron chi connectivity index (χ3n) is 5.12. The Morgan fingerprint density at radius 2 is 1.66 bits per heavy atom. The molecule has 4 heteroatoms. The quantitative estimate of drug-likeness (QED) is 0.414. The van der Waals surface area contributed by atoms with Crippen molar-refractivity contribution in [3.8, 4) is 11.3 Å². The lowest BCUT2D eigenvalue weighted by molar-refractivity contribution is 0.102. The fourth-order valence-corrected chi connectivity index (χ4v) is 3.67. The SMILES string of the molecule is Cc1ccc(C)c(NC(=O)c2c(C)c(-c3ccc(Cl)cc3)nc3ccccc23)c1. The van der Waals surface area contributed by atoms with Crippen molar-refractivity contribution in [1.82, 2.24) is 4.98 Å². The Balaban J connectivity index is 1.88. The molecular weight excluding hydrogens is 380 g/mol. The Bertz CT molecular complexity index is 1230. The largest absolute Gasteiger partial charge is 0.322 e. The summed E-state index contributed by atoms with van der Waals surface area (Å²) in [7, 11) is 0. The van der Waals surface area contributed by atoms with Crippen LogP contribution in [-0.2, 0) is 0 Å². The summed E-state index contributed by atoms with van der Waals surface area (Å²) in [6.07, 6.45) is 0. The van der Waals surface area contributed by atoms with Crippen LogP contribution in [0.15, 0.2) is 66.7 Å². The first-order chi connectivity index (χ1) is 13.9. The van der Waals surface area contributed by atoms with Crippen molar-refractivity contribution in [2.75, 3.05) is 5.32 Å². The van der Waals surface area contributed by atoms with Gasteiger partial charge < -0.3 is 5.32 Å². The summed E-state index contributed by atoms with van der Waals surface area (Å²) in [5.74, 6) is -0.134. The number of anilines is 1. The van der Waals surface area contributed by atoms with E-state index >= 15 is 0 Å². The summed E-state index contributed by atoms with van der Waals surface area (Å²) >= 11 is 6.05. The van der Waals surface area contributed by atoms with Gasteiger partial charge in [0.15, 0.2) is 0 Å². The van der Waals surface area contributed by atoms with E-state index in [4.69, 9.17) is 16.6 Å². The van der Waals surface area contributed by atoms with Crippen molar-refractivity contribution in [2.45, 2.75) is 20.8 Å². The summed E-state index contributed by atoms with van der Waals surface area (Å²) in [6, 6.07) is 21.3. The number of hydrogen-bond donors (Lipinski definition) is 1. The van der Waals surface area contributed by atoms with Gasteiger partial charge in [-0.1, -0.05) is 54.1 Å². The molecule has 0 aliphatic carbocycles. The summed E-state index contributed by atoms with van der Waals surface area (Å²) in [4.78, 5) is 18.2. The predicted molar refractivity (Wildman–Crippen MR) is 121 cm³/mol. The van der Waals surface area contributed by atoms with E-state index < -0.39 is 0 Å². The van der Waals surface area contributed by atoms with Crippen molar-refractivity contribution in [3.63, 3.8) is 0 Å². The first-order valence-corrected chi connectivity index (χ1v) is 9.86. The third kappa shape index (κ3) is 3.74. The van der Waals surface area contributed by atoms with Crippen LogP contribution in [0.2, 0.25) is 5.02 Å². The number of aryl methyl sites for hydroxylation is 2. The van der Waals surface area contributed by atoms with Crippen molar-refractivity contribution in [2.24, 2.45) is 0 Å². The first kappa shape index (κ1) is 19.2. The maximum Gasteiger partial charge on any atom is 0.256 e. The highest BCUT2D eigenvalue weighted by Crippen LogP contribution is 2.31. The number of nitrogens with zero attached hydrogens (tertiary/aromatic N) is 1. The number of aromatic nitrogens is 1. The molecule has 0 spiro atoms. The zero-order valence-corrected chi connectivity index (χ0v) is 17.3. The fourth-order valence-electron chi connectivity index (χ4n) is 3.54. The van der Waals surface area contributed by atoms with Crippen LogP contribution in [0, 0.1) is 20.8 Å². The lowest BCUT2D eigenvalue weighted by atomic mass is 9.97. The van der Waals surface area contributed by atoms with Gasteiger partial charge in [0, 0.05) is 21.7 Å². The Kier molecular flexibility index (Phi) is 5.08. The number of para-hydroxylation sites is 1. The van der Waals surface area contributed by atoms with Crippen molar-refractivity contribution < 1.29 is 4.79 Å². The second-order valence-corrected chi connectivity index (χ2v) is 7.69. The van der Waals surface area contributed by atoms with Crippen molar-refractivity contribution in [3.05, 3.63) is 94.0 Å². The second-order valence-electron chi connectivity index (χ2n) is 7.26. The molecule has 1 N–H and O–H groups in total. The smallest absolute Gasteiger partial charge is 0.256 e. The van der Waals surface area contributed by atoms with Gasteiger partial charge in [0.25, 0.3) is 5.91 Å². The molecule has 0 aliphatic heterocycles. The van der Waals surface area contributed by atoms with Crippen LogP contribution in [0.1, 0.15) is 27.0 Å². The van der Waals surface area contributed by atoms with Gasteiger partial charge >= 0.3 is 0 Å². The van der Waals surface area contributed by atoms with E-state index in [0.717, 1.165) is 44.5 Å². The Morgan fingerprint density at radius 3 is 2.41 bits per heavy atom. The zero-order valence-electron chi connectivity index (χ0n) is 16.6. The Hall–Kier alpha value is -3.17. The number of fused-ring (bicyclic) bond motifs is 1. The minimum Gasteiger partial charge on any atom is -0.322 e. The molecule has 29 heavy (non-hydrogen) atoms. The minimum absolute atomic E-state index is 0.134. The molecule has 1 amide bonds. The molecule has 4 aromatic rings. The van der Waals surface area contributed by atoms with E-state index in [9.17, 15) is 4.79 Å². The number of amides is 1. The topological polar surface area (TPSA) is 42.0 Å². The number of nitrogens with one attached hydrogen (secondary N) is 1. The van der Waals surface area contributed by atoms with E-state index in [2.05, 4.69) is 5.32 Å². The van der Waals surface area contributed by atoms with E-state index in [1.807, 2.05) is 87.5 Å². The van der Waals surface area contributed by atoms with Gasteiger partial charge in [-0.05, 0) is 61.7 Å². The number of benzene rings is 3. The van der Waals surface area contributed by atoms with E-state index in [0.29, 0.717) is 10.6 Å². The third-order valence-corrected chi connectivity index (χ3v) is 5.37. The van der Waals surface area contributed by atoms with Gasteiger partial charge in [0.2, 0.25) is 0 Å². The number of pyridine rings is 1. The molecule has 3 nitrogen and oxygen atoms in total. The standard InChI is InChI=1S/C25H21ClN2O/c1-15-8-9-16(2)22(14-15)28-25(29)23-17(3)24(18-10-12-19(26)13-11-18)27-21-7-5-4-6-20(21)23/h4-14H,1-3H3,(H,28,29). The molecule has 0 bridgehead atoms. The highest BCUT2D eigenvalue weighted by atomic mass is 35.5. The van der Waals surface area contributed by atoms with Gasteiger partial charge in [0.1, 0.15) is 0 Å². The Morgan fingerprint density at radius 1 is 0.931 bits per heavy atom. The molecule has 144 valence electrons. The molecule has 1 aromatic heterocycles. The summed E-state index contributed by atoms with van der Waals surface area (Å²) in [6.45, 7) is 5.95. The summed E-state index contributed by atoms with van der Waals surface area (Å²) in [5.41, 5.74) is 6.93. The van der Waals surface area contributed by atoms with Crippen LogP contribution in [0.4, 0.5) is 5.69 Å². The molecule has 0 atom stereocenters. The number of carbonyl (C=O) groups excluding carboxylic acids is 1. The molecule has 4 rings (SSSR count). The maximum absolute atomic E-state index is 13.4. The molecule has 3 aromatic carbocycles. The van der Waals surface area contributed by atoms with E-state index in [-0.39, 0.29) is 5.91 Å². The number of carbonyl (C=O) groups is 1.